The standard InChI is InChI=1S/C16H15Br2NO2S/c1-10(21-15-7-6-11(17)8-14(15)18)16(20)19-12-4-3-5-13(9-12)22-2/h3-10H,1-2H3,(H,19,20)/t10-/m0/s1. The summed E-state index contributed by atoms with van der Waals surface area (Å²) in [6.07, 6.45) is 1.40. The van der Waals surface area contributed by atoms with Gasteiger partial charge in [0.25, 0.3) is 5.91 Å². The number of rotatable bonds is 5. The summed E-state index contributed by atoms with van der Waals surface area (Å²) in [4.78, 5) is 13.3. The van der Waals surface area contributed by atoms with E-state index in [9.17, 15) is 4.79 Å². The lowest BCUT2D eigenvalue weighted by Gasteiger charge is -2.16. The maximum absolute atomic E-state index is 12.2. The summed E-state index contributed by atoms with van der Waals surface area (Å²) in [5, 5.41) is 2.87. The minimum Gasteiger partial charge on any atom is -0.480 e. The third kappa shape index (κ3) is 4.76. The van der Waals surface area contributed by atoms with Crippen molar-refractivity contribution in [2.75, 3.05) is 11.6 Å². The van der Waals surface area contributed by atoms with Gasteiger partial charge in [0.2, 0.25) is 0 Å². The van der Waals surface area contributed by atoms with Crippen molar-refractivity contribution >= 4 is 55.2 Å². The van der Waals surface area contributed by atoms with Gasteiger partial charge in [0.05, 0.1) is 4.47 Å². The number of thioether (sulfide) groups is 1. The van der Waals surface area contributed by atoms with Crippen LogP contribution in [0.15, 0.2) is 56.3 Å². The molecule has 0 aliphatic carbocycles. The number of carbonyl (C=O) groups is 1. The summed E-state index contributed by atoms with van der Waals surface area (Å²) in [5.74, 6) is 0.441. The van der Waals surface area contributed by atoms with Gasteiger partial charge in [0.1, 0.15) is 5.75 Å². The van der Waals surface area contributed by atoms with Crippen LogP contribution in [0.4, 0.5) is 5.69 Å². The molecule has 0 aliphatic rings. The first-order chi connectivity index (χ1) is 10.5. The Morgan fingerprint density at radius 1 is 1.23 bits per heavy atom. The van der Waals surface area contributed by atoms with Gasteiger partial charge in [-0.25, -0.2) is 0 Å². The summed E-state index contributed by atoms with van der Waals surface area (Å²) >= 11 is 8.43. The van der Waals surface area contributed by atoms with Crippen molar-refractivity contribution in [1.29, 1.82) is 0 Å². The Morgan fingerprint density at radius 2 is 2.00 bits per heavy atom. The molecule has 0 aromatic heterocycles. The van der Waals surface area contributed by atoms with Crippen LogP contribution in [0.2, 0.25) is 0 Å². The van der Waals surface area contributed by atoms with E-state index in [0.717, 1.165) is 19.5 Å². The first kappa shape index (κ1) is 17.4. The second-order valence-corrected chi connectivity index (χ2v) is 7.21. The number of hydrogen-bond donors (Lipinski definition) is 1. The fourth-order valence-electron chi connectivity index (χ4n) is 1.76. The van der Waals surface area contributed by atoms with Crippen molar-refractivity contribution in [3.8, 4) is 5.75 Å². The fraction of sp³-hybridized carbons (Fsp3) is 0.188. The van der Waals surface area contributed by atoms with Gasteiger partial charge in [-0.2, -0.15) is 0 Å². The summed E-state index contributed by atoms with van der Waals surface area (Å²) in [7, 11) is 0. The monoisotopic (exact) mass is 443 g/mol. The summed E-state index contributed by atoms with van der Waals surface area (Å²) in [5.41, 5.74) is 0.766. The van der Waals surface area contributed by atoms with E-state index in [1.165, 1.54) is 0 Å². The molecule has 0 spiro atoms. The van der Waals surface area contributed by atoms with Crippen LogP contribution in [0, 0.1) is 0 Å². The summed E-state index contributed by atoms with van der Waals surface area (Å²) < 4.78 is 7.45. The van der Waals surface area contributed by atoms with Crippen LogP contribution in [0.25, 0.3) is 0 Å². The van der Waals surface area contributed by atoms with Crippen LogP contribution in [0.1, 0.15) is 6.92 Å². The number of carbonyl (C=O) groups excluding carboxylic acids is 1. The van der Waals surface area contributed by atoms with Gasteiger partial charge in [0.15, 0.2) is 6.10 Å². The van der Waals surface area contributed by atoms with Crippen molar-refractivity contribution < 1.29 is 9.53 Å². The Balaban J connectivity index is 2.02. The molecule has 0 bridgehead atoms. The topological polar surface area (TPSA) is 38.3 Å². The molecule has 2 aromatic rings. The van der Waals surface area contributed by atoms with Crippen molar-refractivity contribution in [1.82, 2.24) is 0 Å². The van der Waals surface area contributed by atoms with Gasteiger partial charge < -0.3 is 10.1 Å². The van der Waals surface area contributed by atoms with E-state index < -0.39 is 6.10 Å². The Labute approximate surface area is 151 Å². The molecule has 0 aliphatic heterocycles. The van der Waals surface area contributed by atoms with Gasteiger partial charge in [-0.1, -0.05) is 22.0 Å². The molecule has 0 unspecified atom stereocenters. The highest BCUT2D eigenvalue weighted by atomic mass is 79.9. The Bertz CT molecular complexity index is 679. The van der Waals surface area contributed by atoms with Gasteiger partial charge in [-0.15, -0.1) is 11.8 Å². The molecular weight excluding hydrogens is 430 g/mol. The van der Waals surface area contributed by atoms with Crippen molar-refractivity contribution in [2.24, 2.45) is 0 Å². The maximum atomic E-state index is 12.2. The number of halogens is 2. The molecule has 22 heavy (non-hydrogen) atoms. The van der Waals surface area contributed by atoms with E-state index in [4.69, 9.17) is 4.74 Å². The predicted molar refractivity (Wildman–Crippen MR) is 98.8 cm³/mol. The molecule has 0 heterocycles. The molecule has 2 rings (SSSR count). The quantitative estimate of drug-likeness (QED) is 0.632. The van der Waals surface area contributed by atoms with Crippen LogP contribution < -0.4 is 10.1 Å². The van der Waals surface area contributed by atoms with Crippen LogP contribution in [0.3, 0.4) is 0 Å². The SMILES string of the molecule is CSc1cccc(NC(=O)[C@H](C)Oc2ccc(Br)cc2Br)c1. The lowest BCUT2D eigenvalue weighted by molar-refractivity contribution is -0.122. The maximum Gasteiger partial charge on any atom is 0.265 e. The van der Waals surface area contributed by atoms with Crippen LogP contribution in [-0.4, -0.2) is 18.3 Å². The third-order valence-corrected chi connectivity index (χ3v) is 4.74. The Hall–Kier alpha value is -0.980. The average Bonchev–Trinajstić information content (AvgIpc) is 2.50. The van der Waals surface area contributed by atoms with E-state index >= 15 is 0 Å². The first-order valence-electron chi connectivity index (χ1n) is 6.56. The van der Waals surface area contributed by atoms with Gasteiger partial charge in [-0.3, -0.25) is 4.79 Å². The van der Waals surface area contributed by atoms with Crippen LogP contribution in [0.5, 0.6) is 5.75 Å². The Kier molecular flexibility index (Phi) is 6.35. The zero-order valence-electron chi connectivity index (χ0n) is 12.1. The molecule has 1 N–H and O–H groups in total. The molecule has 1 amide bonds. The molecule has 0 saturated carbocycles. The molecule has 0 radical (unpaired) electrons. The average molecular weight is 445 g/mol. The largest absolute Gasteiger partial charge is 0.480 e. The predicted octanol–water partition coefficient (Wildman–Crippen LogP) is 5.34. The smallest absolute Gasteiger partial charge is 0.265 e. The molecule has 6 heteroatoms. The molecule has 0 saturated heterocycles. The second kappa shape index (κ2) is 8.04. The zero-order chi connectivity index (χ0) is 16.1. The highest BCUT2D eigenvalue weighted by Gasteiger charge is 2.16. The lowest BCUT2D eigenvalue weighted by Crippen LogP contribution is -2.30. The van der Waals surface area contributed by atoms with E-state index in [0.29, 0.717) is 5.75 Å². The van der Waals surface area contributed by atoms with Gasteiger partial charge in [-0.05, 0) is 65.5 Å². The van der Waals surface area contributed by atoms with E-state index in [-0.39, 0.29) is 5.91 Å². The van der Waals surface area contributed by atoms with Crippen molar-refractivity contribution in [2.45, 2.75) is 17.9 Å². The van der Waals surface area contributed by atoms with Gasteiger partial charge >= 0.3 is 0 Å². The van der Waals surface area contributed by atoms with E-state index in [1.54, 1.807) is 18.7 Å². The summed E-state index contributed by atoms with van der Waals surface area (Å²) in [6.45, 7) is 1.72. The number of anilines is 1. The number of amides is 1. The fourth-order valence-corrected chi connectivity index (χ4v) is 3.36. The Morgan fingerprint density at radius 3 is 2.68 bits per heavy atom. The number of ether oxygens (including phenoxy) is 1. The number of nitrogens with one attached hydrogen (secondary N) is 1. The minimum absolute atomic E-state index is 0.187. The molecule has 116 valence electrons. The molecule has 2 aromatic carbocycles. The molecule has 1 atom stereocenters. The number of hydrogen-bond acceptors (Lipinski definition) is 3. The molecule has 3 nitrogen and oxygen atoms in total. The number of benzene rings is 2. The molecule has 0 fully saturated rings. The van der Waals surface area contributed by atoms with Crippen LogP contribution in [-0.2, 0) is 4.79 Å². The second-order valence-electron chi connectivity index (χ2n) is 4.56. The summed E-state index contributed by atoms with van der Waals surface area (Å²) in [6, 6.07) is 13.3. The third-order valence-electron chi connectivity index (χ3n) is 2.90. The van der Waals surface area contributed by atoms with E-state index in [1.807, 2.05) is 48.7 Å². The van der Waals surface area contributed by atoms with Crippen molar-refractivity contribution in [3.05, 3.63) is 51.4 Å². The van der Waals surface area contributed by atoms with Crippen LogP contribution >= 0.6 is 43.6 Å². The van der Waals surface area contributed by atoms with Gasteiger partial charge in [0, 0.05) is 15.1 Å². The normalized spacial score (nSPS) is 11.8. The van der Waals surface area contributed by atoms with E-state index in [2.05, 4.69) is 37.2 Å². The first-order valence-corrected chi connectivity index (χ1v) is 9.37. The lowest BCUT2D eigenvalue weighted by atomic mass is 10.3. The zero-order valence-corrected chi connectivity index (χ0v) is 16.1. The van der Waals surface area contributed by atoms with Crippen molar-refractivity contribution in [3.63, 3.8) is 0 Å². The highest BCUT2D eigenvalue weighted by molar-refractivity contribution is 9.11. The molecular formula is C16H15Br2NO2S. The highest BCUT2D eigenvalue weighted by Crippen LogP contribution is 2.29. The minimum atomic E-state index is -0.601.